The maximum Gasteiger partial charge on any atom is 0.387 e. The number of rotatable bonds is 7. The smallest absolute Gasteiger partial charge is 0.387 e. The molecule has 2 amide bonds. The Bertz CT molecular complexity index is 836. The third kappa shape index (κ3) is 6.43. The van der Waals surface area contributed by atoms with Crippen LogP contribution in [0, 0.1) is 0 Å². The molecule has 0 radical (unpaired) electrons. The van der Waals surface area contributed by atoms with Crippen molar-refractivity contribution in [1.82, 2.24) is 0 Å². The van der Waals surface area contributed by atoms with Crippen LogP contribution in [-0.2, 0) is 9.59 Å². The van der Waals surface area contributed by atoms with E-state index in [2.05, 4.69) is 15.4 Å². The first-order valence-electron chi connectivity index (χ1n) is 7.87. The summed E-state index contributed by atoms with van der Waals surface area (Å²) in [4.78, 5) is 23.0. The van der Waals surface area contributed by atoms with E-state index in [0.29, 0.717) is 16.9 Å². The average molecular weight is 376 g/mol. The zero-order valence-electron chi connectivity index (χ0n) is 14.7. The second-order valence-corrected chi connectivity index (χ2v) is 5.37. The molecule has 0 spiro atoms. The van der Waals surface area contributed by atoms with Gasteiger partial charge in [-0.25, -0.2) is 0 Å². The van der Waals surface area contributed by atoms with Gasteiger partial charge in [0.05, 0.1) is 7.11 Å². The fourth-order valence-corrected chi connectivity index (χ4v) is 2.18. The lowest BCUT2D eigenvalue weighted by Gasteiger charge is -2.10. The largest absolute Gasteiger partial charge is 0.493 e. The van der Waals surface area contributed by atoms with Gasteiger partial charge in [-0.05, 0) is 48.0 Å². The predicted molar refractivity (Wildman–Crippen MR) is 98.0 cm³/mol. The van der Waals surface area contributed by atoms with E-state index >= 15 is 0 Å². The van der Waals surface area contributed by atoms with Crippen LogP contribution < -0.4 is 20.1 Å². The number of anilines is 2. The molecule has 0 saturated carbocycles. The number of hydrogen-bond donors (Lipinski definition) is 2. The Balaban J connectivity index is 2.00. The van der Waals surface area contributed by atoms with Crippen molar-refractivity contribution in [2.24, 2.45) is 0 Å². The Labute approximate surface area is 154 Å². The molecule has 0 aliphatic heterocycles. The van der Waals surface area contributed by atoms with Gasteiger partial charge in [-0.15, -0.1) is 0 Å². The summed E-state index contributed by atoms with van der Waals surface area (Å²) >= 11 is 0. The number of amides is 2. The molecule has 0 aromatic heterocycles. The SMILES string of the molecule is COc1cc(/C=C/C(=O)Nc2ccc(NC(C)=O)cc2)ccc1OC(F)F. The van der Waals surface area contributed by atoms with E-state index in [4.69, 9.17) is 4.74 Å². The van der Waals surface area contributed by atoms with Crippen LogP contribution in [0.25, 0.3) is 6.08 Å². The van der Waals surface area contributed by atoms with Crippen molar-refractivity contribution < 1.29 is 27.8 Å². The van der Waals surface area contributed by atoms with Crippen molar-refractivity contribution in [3.8, 4) is 11.5 Å². The summed E-state index contributed by atoms with van der Waals surface area (Å²) in [6, 6.07) is 11.0. The highest BCUT2D eigenvalue weighted by Gasteiger charge is 2.10. The lowest BCUT2D eigenvalue weighted by Crippen LogP contribution is -2.08. The number of alkyl halides is 2. The van der Waals surface area contributed by atoms with Crippen molar-refractivity contribution in [2.45, 2.75) is 13.5 Å². The van der Waals surface area contributed by atoms with Gasteiger partial charge in [-0.1, -0.05) is 6.07 Å². The number of carbonyl (C=O) groups excluding carboxylic acids is 2. The number of halogens is 2. The number of hydrogen-bond acceptors (Lipinski definition) is 4. The molecule has 27 heavy (non-hydrogen) atoms. The van der Waals surface area contributed by atoms with E-state index in [-0.39, 0.29) is 23.3 Å². The number of carbonyl (C=O) groups is 2. The standard InChI is InChI=1S/C19H18F2N2O4/c1-12(24)22-14-5-7-15(8-6-14)23-18(25)10-4-13-3-9-16(27-19(20)21)17(11-13)26-2/h3-11,19H,1-2H3,(H,22,24)(H,23,25)/b10-4+. The molecule has 0 heterocycles. The first-order chi connectivity index (χ1) is 12.9. The maximum absolute atomic E-state index is 12.3. The average Bonchev–Trinajstić information content (AvgIpc) is 2.61. The zero-order chi connectivity index (χ0) is 19.8. The lowest BCUT2D eigenvalue weighted by atomic mass is 10.2. The van der Waals surface area contributed by atoms with E-state index in [1.165, 1.54) is 44.4 Å². The van der Waals surface area contributed by atoms with Crippen molar-refractivity contribution in [1.29, 1.82) is 0 Å². The number of methoxy groups -OCH3 is 1. The van der Waals surface area contributed by atoms with E-state index in [1.54, 1.807) is 24.3 Å². The van der Waals surface area contributed by atoms with E-state index in [9.17, 15) is 18.4 Å². The molecule has 2 N–H and O–H groups in total. The molecule has 2 rings (SSSR count). The summed E-state index contributed by atoms with van der Waals surface area (Å²) in [5.74, 6) is -0.524. The fraction of sp³-hybridized carbons (Fsp3) is 0.158. The minimum atomic E-state index is -2.96. The van der Waals surface area contributed by atoms with Gasteiger partial charge in [0.1, 0.15) is 0 Å². The third-order valence-corrected chi connectivity index (χ3v) is 3.30. The third-order valence-electron chi connectivity index (χ3n) is 3.30. The van der Waals surface area contributed by atoms with Crippen molar-refractivity contribution in [3.63, 3.8) is 0 Å². The van der Waals surface area contributed by atoms with Crippen LogP contribution in [0.4, 0.5) is 20.2 Å². The Morgan fingerprint density at radius 1 is 1.00 bits per heavy atom. The molecule has 8 heteroatoms. The molecule has 142 valence electrons. The number of ether oxygens (including phenoxy) is 2. The lowest BCUT2D eigenvalue weighted by molar-refractivity contribution is -0.114. The van der Waals surface area contributed by atoms with Gasteiger partial charge >= 0.3 is 6.61 Å². The second kappa shape index (κ2) is 9.33. The Kier molecular flexibility index (Phi) is 6.87. The van der Waals surface area contributed by atoms with Gasteiger partial charge in [0.2, 0.25) is 11.8 Å². The summed E-state index contributed by atoms with van der Waals surface area (Å²) in [6.07, 6.45) is 2.81. The van der Waals surface area contributed by atoms with Crippen LogP contribution in [0.1, 0.15) is 12.5 Å². The van der Waals surface area contributed by atoms with Crippen LogP contribution in [0.15, 0.2) is 48.5 Å². The molecule has 0 unspecified atom stereocenters. The van der Waals surface area contributed by atoms with E-state index < -0.39 is 6.61 Å². The summed E-state index contributed by atoms with van der Waals surface area (Å²) in [5, 5.41) is 5.29. The van der Waals surface area contributed by atoms with E-state index in [0.717, 1.165) is 0 Å². The predicted octanol–water partition coefficient (Wildman–Crippen LogP) is 3.91. The zero-order valence-corrected chi connectivity index (χ0v) is 14.7. The Morgan fingerprint density at radius 2 is 1.63 bits per heavy atom. The molecule has 0 aliphatic carbocycles. The van der Waals surface area contributed by atoms with Crippen molar-refractivity contribution >= 4 is 29.3 Å². The number of nitrogens with one attached hydrogen (secondary N) is 2. The molecule has 0 saturated heterocycles. The monoisotopic (exact) mass is 376 g/mol. The minimum Gasteiger partial charge on any atom is -0.493 e. The van der Waals surface area contributed by atoms with Gasteiger partial charge in [-0.3, -0.25) is 9.59 Å². The van der Waals surface area contributed by atoms with E-state index in [1.807, 2.05) is 0 Å². The second-order valence-electron chi connectivity index (χ2n) is 5.37. The number of benzene rings is 2. The highest BCUT2D eigenvalue weighted by Crippen LogP contribution is 2.29. The Morgan fingerprint density at radius 3 is 2.19 bits per heavy atom. The normalized spacial score (nSPS) is 10.7. The van der Waals surface area contributed by atoms with Gasteiger partial charge in [-0.2, -0.15) is 8.78 Å². The molecule has 0 atom stereocenters. The first kappa shape index (κ1) is 19.9. The van der Waals surface area contributed by atoms with Gasteiger partial charge < -0.3 is 20.1 Å². The molecule has 0 aliphatic rings. The molecule has 6 nitrogen and oxygen atoms in total. The van der Waals surface area contributed by atoms with Crippen LogP contribution >= 0.6 is 0 Å². The molecular formula is C19H18F2N2O4. The molecular weight excluding hydrogens is 358 g/mol. The summed E-state index contributed by atoms with van der Waals surface area (Å²) in [6.45, 7) is -1.55. The molecule has 2 aromatic carbocycles. The molecule has 0 bridgehead atoms. The van der Waals surface area contributed by atoms with Crippen LogP contribution in [0.5, 0.6) is 11.5 Å². The summed E-state index contributed by atoms with van der Waals surface area (Å²) in [7, 11) is 1.33. The highest BCUT2D eigenvalue weighted by molar-refractivity contribution is 6.02. The van der Waals surface area contributed by atoms with Crippen molar-refractivity contribution in [2.75, 3.05) is 17.7 Å². The van der Waals surface area contributed by atoms with Crippen LogP contribution in [-0.4, -0.2) is 25.5 Å². The quantitative estimate of drug-likeness (QED) is 0.719. The van der Waals surface area contributed by atoms with Crippen LogP contribution in [0.3, 0.4) is 0 Å². The summed E-state index contributed by atoms with van der Waals surface area (Å²) < 4.78 is 34.0. The maximum atomic E-state index is 12.3. The molecule has 2 aromatic rings. The minimum absolute atomic E-state index is 0.0895. The van der Waals surface area contributed by atoms with Crippen LogP contribution in [0.2, 0.25) is 0 Å². The first-order valence-corrected chi connectivity index (χ1v) is 7.87. The molecule has 0 fully saturated rings. The fourth-order valence-electron chi connectivity index (χ4n) is 2.18. The van der Waals surface area contributed by atoms with Gasteiger partial charge in [0.15, 0.2) is 11.5 Å². The van der Waals surface area contributed by atoms with Gasteiger partial charge in [0, 0.05) is 24.4 Å². The summed E-state index contributed by atoms with van der Waals surface area (Å²) in [5.41, 5.74) is 1.75. The Hall–Kier alpha value is -3.42. The highest BCUT2D eigenvalue weighted by atomic mass is 19.3. The van der Waals surface area contributed by atoms with Gasteiger partial charge in [0.25, 0.3) is 0 Å². The topological polar surface area (TPSA) is 76.7 Å². The van der Waals surface area contributed by atoms with Crippen molar-refractivity contribution in [3.05, 3.63) is 54.1 Å².